The molecule has 0 aromatic carbocycles. The molecule has 0 amide bonds. The molecule has 0 saturated carbocycles. The van der Waals surface area contributed by atoms with Gasteiger partial charge in [-0.1, -0.05) is 0 Å². The van der Waals surface area contributed by atoms with Gasteiger partial charge in [0.1, 0.15) is 6.23 Å². The number of aromatic nitrogens is 2. The van der Waals surface area contributed by atoms with Crippen LogP contribution in [0.5, 0.6) is 0 Å². The maximum Gasteiger partial charge on any atom is 0.330 e. The zero-order chi connectivity index (χ0) is 12.4. The fourth-order valence-corrected chi connectivity index (χ4v) is 1.82. The third-order valence-corrected chi connectivity index (χ3v) is 2.72. The summed E-state index contributed by atoms with van der Waals surface area (Å²) in [7, 11) is 0. The highest BCUT2D eigenvalue weighted by atomic mass is 16.5. The Kier molecular flexibility index (Phi) is 3.21. The molecule has 1 fully saturated rings. The number of aldehydes is 1. The molecule has 2 rings (SSSR count). The van der Waals surface area contributed by atoms with E-state index in [1.165, 1.54) is 10.8 Å². The van der Waals surface area contributed by atoms with Gasteiger partial charge < -0.3 is 9.84 Å². The van der Waals surface area contributed by atoms with Crippen molar-refractivity contribution in [3.63, 3.8) is 0 Å². The van der Waals surface area contributed by atoms with Crippen LogP contribution in [-0.2, 0) is 4.74 Å². The number of aromatic amines is 1. The molecule has 2 unspecified atom stereocenters. The summed E-state index contributed by atoms with van der Waals surface area (Å²) < 4.78 is 6.56. The van der Waals surface area contributed by atoms with E-state index in [4.69, 9.17) is 9.84 Å². The smallest absolute Gasteiger partial charge is 0.330 e. The Bertz CT molecular complexity index is 532. The lowest BCUT2D eigenvalue weighted by molar-refractivity contribution is -0.0246. The predicted octanol–water partition coefficient (Wildman–Crippen LogP) is -0.981. The quantitative estimate of drug-likeness (QED) is 0.661. The second kappa shape index (κ2) is 4.64. The molecule has 0 spiro atoms. The fraction of sp³-hybridized carbons (Fsp3) is 0.500. The maximum absolute atomic E-state index is 11.5. The van der Waals surface area contributed by atoms with Crippen LogP contribution in [0.1, 0.15) is 29.4 Å². The molecule has 2 atom stereocenters. The molecule has 0 aliphatic carbocycles. The zero-order valence-electron chi connectivity index (χ0n) is 8.96. The van der Waals surface area contributed by atoms with E-state index in [9.17, 15) is 14.4 Å². The summed E-state index contributed by atoms with van der Waals surface area (Å²) in [6.45, 7) is -0.116. The number of rotatable bonds is 3. The van der Waals surface area contributed by atoms with Crippen LogP contribution >= 0.6 is 0 Å². The fourth-order valence-electron chi connectivity index (χ4n) is 1.82. The normalized spacial score (nSPS) is 23.8. The number of aliphatic hydroxyl groups excluding tert-OH is 1. The van der Waals surface area contributed by atoms with Gasteiger partial charge in [-0.15, -0.1) is 0 Å². The van der Waals surface area contributed by atoms with E-state index in [1.807, 2.05) is 4.98 Å². The summed E-state index contributed by atoms with van der Waals surface area (Å²) in [5.74, 6) is 0. The molecule has 7 heteroatoms. The van der Waals surface area contributed by atoms with Crippen molar-refractivity contribution < 1.29 is 14.6 Å². The van der Waals surface area contributed by atoms with Crippen molar-refractivity contribution in [2.75, 3.05) is 6.61 Å². The molecule has 0 bridgehead atoms. The SMILES string of the molecule is O=Cc1cn(C2CCC(CO)O2)c(=O)[nH]c1=O. The molecule has 1 aromatic heterocycles. The lowest BCUT2D eigenvalue weighted by Gasteiger charge is -2.14. The third-order valence-electron chi connectivity index (χ3n) is 2.72. The number of ether oxygens (including phenoxy) is 1. The summed E-state index contributed by atoms with van der Waals surface area (Å²) in [6, 6.07) is 0. The average Bonchev–Trinajstić information content (AvgIpc) is 2.78. The molecule has 2 N–H and O–H groups in total. The lowest BCUT2D eigenvalue weighted by Crippen LogP contribution is -2.34. The standard InChI is InChI=1S/C10H12N2O5/c13-4-6-3-12(10(16)11-9(6)15)8-2-1-7(5-14)17-8/h3-4,7-8,14H,1-2,5H2,(H,11,15,16). The van der Waals surface area contributed by atoms with Crippen molar-refractivity contribution >= 4 is 6.29 Å². The molecule has 7 nitrogen and oxygen atoms in total. The van der Waals surface area contributed by atoms with Crippen LogP contribution in [0.25, 0.3) is 0 Å². The molecule has 0 radical (unpaired) electrons. The highest BCUT2D eigenvalue weighted by Gasteiger charge is 2.27. The molecule has 1 aliphatic rings. The number of hydrogen-bond acceptors (Lipinski definition) is 5. The number of carbonyl (C=O) groups excluding carboxylic acids is 1. The zero-order valence-corrected chi connectivity index (χ0v) is 8.96. The van der Waals surface area contributed by atoms with Crippen LogP contribution in [0, 0.1) is 0 Å². The van der Waals surface area contributed by atoms with Crippen molar-refractivity contribution in [3.8, 4) is 0 Å². The van der Waals surface area contributed by atoms with Gasteiger partial charge in [0, 0.05) is 6.20 Å². The second-order valence-corrected chi connectivity index (χ2v) is 3.84. The average molecular weight is 240 g/mol. The van der Waals surface area contributed by atoms with E-state index in [1.54, 1.807) is 0 Å². The minimum Gasteiger partial charge on any atom is -0.394 e. The van der Waals surface area contributed by atoms with Gasteiger partial charge in [0.15, 0.2) is 6.29 Å². The van der Waals surface area contributed by atoms with Crippen LogP contribution in [0.2, 0.25) is 0 Å². The minimum atomic E-state index is -0.710. The highest BCUT2D eigenvalue weighted by Crippen LogP contribution is 2.26. The van der Waals surface area contributed by atoms with E-state index in [2.05, 4.69) is 0 Å². The van der Waals surface area contributed by atoms with Crippen LogP contribution in [-0.4, -0.2) is 33.7 Å². The van der Waals surface area contributed by atoms with Crippen molar-refractivity contribution in [1.82, 2.24) is 9.55 Å². The largest absolute Gasteiger partial charge is 0.394 e. The van der Waals surface area contributed by atoms with Crippen LogP contribution < -0.4 is 11.2 Å². The van der Waals surface area contributed by atoms with Crippen LogP contribution in [0.4, 0.5) is 0 Å². The van der Waals surface area contributed by atoms with E-state index in [-0.39, 0.29) is 18.3 Å². The highest BCUT2D eigenvalue weighted by molar-refractivity contribution is 5.73. The Hall–Kier alpha value is -1.73. The predicted molar refractivity (Wildman–Crippen MR) is 56.9 cm³/mol. The van der Waals surface area contributed by atoms with Gasteiger partial charge >= 0.3 is 5.69 Å². The number of hydrogen-bond donors (Lipinski definition) is 2. The van der Waals surface area contributed by atoms with Gasteiger partial charge in [-0.2, -0.15) is 0 Å². The van der Waals surface area contributed by atoms with Gasteiger partial charge in [-0.05, 0) is 12.8 Å². The maximum atomic E-state index is 11.5. The molecule has 1 saturated heterocycles. The first-order valence-electron chi connectivity index (χ1n) is 5.22. The first-order chi connectivity index (χ1) is 8.15. The summed E-state index contributed by atoms with van der Waals surface area (Å²) in [5, 5.41) is 8.92. The van der Waals surface area contributed by atoms with Gasteiger partial charge in [-0.3, -0.25) is 19.1 Å². The van der Waals surface area contributed by atoms with Gasteiger partial charge in [0.05, 0.1) is 18.3 Å². The summed E-state index contributed by atoms with van der Waals surface area (Å²) >= 11 is 0. The van der Waals surface area contributed by atoms with Crippen molar-refractivity contribution in [3.05, 3.63) is 32.6 Å². The van der Waals surface area contributed by atoms with Gasteiger partial charge in [0.25, 0.3) is 5.56 Å². The van der Waals surface area contributed by atoms with Crippen LogP contribution in [0.15, 0.2) is 15.8 Å². The number of nitrogens with zero attached hydrogens (tertiary/aromatic N) is 1. The second-order valence-electron chi connectivity index (χ2n) is 3.84. The third kappa shape index (κ3) is 2.20. The number of H-pyrrole nitrogens is 1. The Labute approximate surface area is 95.7 Å². The lowest BCUT2D eigenvalue weighted by atomic mass is 10.2. The van der Waals surface area contributed by atoms with E-state index in [0.29, 0.717) is 19.1 Å². The molecule has 17 heavy (non-hydrogen) atoms. The topological polar surface area (TPSA) is 101 Å². The molecular formula is C10H12N2O5. The first kappa shape index (κ1) is 11.7. The van der Waals surface area contributed by atoms with Gasteiger partial charge in [-0.25, -0.2) is 4.79 Å². The van der Waals surface area contributed by atoms with Crippen molar-refractivity contribution in [2.24, 2.45) is 0 Å². The number of aliphatic hydroxyl groups is 1. The molecule has 1 aliphatic heterocycles. The van der Waals surface area contributed by atoms with E-state index >= 15 is 0 Å². The van der Waals surface area contributed by atoms with E-state index < -0.39 is 17.5 Å². The molecular weight excluding hydrogens is 228 g/mol. The first-order valence-corrected chi connectivity index (χ1v) is 5.22. The van der Waals surface area contributed by atoms with Gasteiger partial charge in [0.2, 0.25) is 0 Å². The number of nitrogens with one attached hydrogen (secondary N) is 1. The Morgan fingerprint density at radius 1 is 1.53 bits per heavy atom. The Balaban J connectivity index is 2.36. The summed E-state index contributed by atoms with van der Waals surface area (Å²) in [5.41, 5.74) is -1.46. The molecule has 92 valence electrons. The monoisotopic (exact) mass is 240 g/mol. The number of carbonyl (C=O) groups is 1. The Morgan fingerprint density at radius 2 is 2.29 bits per heavy atom. The van der Waals surface area contributed by atoms with Crippen molar-refractivity contribution in [1.29, 1.82) is 0 Å². The molecule has 1 aromatic rings. The van der Waals surface area contributed by atoms with E-state index in [0.717, 1.165) is 0 Å². The Morgan fingerprint density at radius 3 is 2.88 bits per heavy atom. The summed E-state index contributed by atoms with van der Waals surface area (Å²) in [6.07, 6.45) is 1.89. The molecule has 2 heterocycles. The summed E-state index contributed by atoms with van der Waals surface area (Å²) in [4.78, 5) is 35.4. The van der Waals surface area contributed by atoms with Crippen molar-refractivity contribution in [2.45, 2.75) is 25.2 Å². The minimum absolute atomic E-state index is 0.116. The van der Waals surface area contributed by atoms with Crippen LogP contribution in [0.3, 0.4) is 0 Å².